The molecule has 0 radical (unpaired) electrons. The van der Waals surface area contributed by atoms with Crippen molar-refractivity contribution in [3.8, 4) is 0 Å². The molecular weight excluding hydrogens is 255 g/mol. The molecule has 3 nitrogen and oxygen atoms in total. The van der Waals surface area contributed by atoms with Crippen LogP contribution >= 0.6 is 11.8 Å². The van der Waals surface area contributed by atoms with Crippen molar-refractivity contribution in [2.45, 2.75) is 29.8 Å². The van der Waals surface area contributed by atoms with Crippen molar-refractivity contribution in [2.75, 3.05) is 0 Å². The summed E-state index contributed by atoms with van der Waals surface area (Å²) in [5, 5.41) is 8.07. The van der Waals surface area contributed by atoms with Crippen molar-refractivity contribution >= 4 is 17.7 Å². The Labute approximate surface area is 100 Å². The Hall–Kier alpha value is -1.24. The van der Waals surface area contributed by atoms with Gasteiger partial charge in [-0.15, -0.1) is 0 Å². The van der Waals surface area contributed by atoms with Gasteiger partial charge in [0.1, 0.15) is 5.25 Å². The van der Waals surface area contributed by atoms with Gasteiger partial charge in [0.2, 0.25) is 0 Å². The number of hydrogen-bond donors (Lipinski definition) is 1. The van der Waals surface area contributed by atoms with Gasteiger partial charge >= 0.3 is 12.1 Å². The quantitative estimate of drug-likeness (QED) is 0.850. The predicted molar refractivity (Wildman–Crippen MR) is 56.8 cm³/mol. The SMILES string of the molecule is CCC(Sc1cc(C(F)(F)F)ccn1)C(=O)O. The number of hydrogen-bond acceptors (Lipinski definition) is 3. The summed E-state index contributed by atoms with van der Waals surface area (Å²) in [5.41, 5.74) is -0.824. The van der Waals surface area contributed by atoms with E-state index >= 15 is 0 Å². The molecule has 0 aliphatic rings. The van der Waals surface area contributed by atoms with Crippen LogP contribution in [0, 0.1) is 0 Å². The highest BCUT2D eigenvalue weighted by molar-refractivity contribution is 8.00. The van der Waals surface area contributed by atoms with Crippen LogP contribution in [0.3, 0.4) is 0 Å². The van der Waals surface area contributed by atoms with Gasteiger partial charge in [-0.25, -0.2) is 4.98 Å². The molecule has 1 rings (SSSR count). The average molecular weight is 265 g/mol. The number of pyridine rings is 1. The largest absolute Gasteiger partial charge is 0.480 e. The van der Waals surface area contributed by atoms with Gasteiger partial charge in [-0.3, -0.25) is 4.79 Å². The maximum Gasteiger partial charge on any atom is 0.416 e. The second kappa shape index (κ2) is 5.39. The molecule has 0 saturated carbocycles. The van der Waals surface area contributed by atoms with Gasteiger partial charge < -0.3 is 5.11 Å². The first-order valence-corrected chi connectivity index (χ1v) is 5.65. The van der Waals surface area contributed by atoms with Crippen LogP contribution in [0.4, 0.5) is 13.2 Å². The zero-order valence-corrected chi connectivity index (χ0v) is 9.68. The van der Waals surface area contributed by atoms with Gasteiger partial charge in [-0.2, -0.15) is 13.2 Å². The fourth-order valence-electron chi connectivity index (χ4n) is 1.10. The molecule has 1 heterocycles. The number of thioether (sulfide) groups is 1. The molecule has 0 saturated heterocycles. The number of carbonyl (C=O) groups is 1. The van der Waals surface area contributed by atoms with Crippen LogP contribution in [-0.4, -0.2) is 21.3 Å². The summed E-state index contributed by atoms with van der Waals surface area (Å²) in [5.74, 6) is -1.06. The topological polar surface area (TPSA) is 50.2 Å². The molecule has 7 heteroatoms. The molecule has 0 spiro atoms. The minimum atomic E-state index is -4.44. The lowest BCUT2D eigenvalue weighted by molar-refractivity contribution is -0.138. The number of alkyl halides is 3. The normalized spacial score (nSPS) is 13.4. The van der Waals surface area contributed by atoms with Gasteiger partial charge in [0.05, 0.1) is 10.6 Å². The van der Waals surface area contributed by atoms with E-state index in [0.29, 0.717) is 6.42 Å². The third kappa shape index (κ3) is 3.92. The summed E-state index contributed by atoms with van der Waals surface area (Å²) in [6.07, 6.45) is -3.10. The molecule has 0 aliphatic carbocycles. The van der Waals surface area contributed by atoms with Crippen molar-refractivity contribution in [1.82, 2.24) is 4.98 Å². The van der Waals surface area contributed by atoms with Crippen LogP contribution in [0.25, 0.3) is 0 Å². The number of halogens is 3. The van der Waals surface area contributed by atoms with Crippen LogP contribution in [0.1, 0.15) is 18.9 Å². The van der Waals surface area contributed by atoms with E-state index in [0.717, 1.165) is 30.1 Å². The fourth-order valence-corrected chi connectivity index (χ4v) is 1.98. The number of carboxylic acid groups (broad SMARTS) is 1. The van der Waals surface area contributed by atoms with E-state index in [1.807, 2.05) is 0 Å². The second-order valence-corrected chi connectivity index (χ2v) is 4.46. The summed E-state index contributed by atoms with van der Waals surface area (Å²) in [7, 11) is 0. The minimum Gasteiger partial charge on any atom is -0.480 e. The van der Waals surface area contributed by atoms with E-state index < -0.39 is 23.0 Å². The molecule has 1 aromatic heterocycles. The molecule has 0 fully saturated rings. The van der Waals surface area contributed by atoms with Gasteiger partial charge in [0, 0.05) is 6.20 Å². The predicted octanol–water partition coefficient (Wildman–Crippen LogP) is 3.06. The van der Waals surface area contributed by atoms with Crippen molar-refractivity contribution in [3.63, 3.8) is 0 Å². The molecule has 1 unspecified atom stereocenters. The lowest BCUT2D eigenvalue weighted by atomic mass is 10.3. The van der Waals surface area contributed by atoms with Gasteiger partial charge in [-0.05, 0) is 18.6 Å². The number of aromatic nitrogens is 1. The number of carboxylic acids is 1. The highest BCUT2D eigenvalue weighted by Crippen LogP contribution is 2.32. The summed E-state index contributed by atoms with van der Waals surface area (Å²) < 4.78 is 37.2. The Morgan fingerprint density at radius 2 is 2.24 bits per heavy atom. The molecule has 0 aliphatic heterocycles. The third-order valence-electron chi connectivity index (χ3n) is 1.97. The van der Waals surface area contributed by atoms with E-state index in [1.54, 1.807) is 6.92 Å². The molecular formula is C10H10F3NO2S. The van der Waals surface area contributed by atoms with E-state index in [-0.39, 0.29) is 5.03 Å². The first kappa shape index (κ1) is 13.8. The Morgan fingerprint density at radius 1 is 1.59 bits per heavy atom. The van der Waals surface area contributed by atoms with E-state index in [4.69, 9.17) is 5.11 Å². The standard InChI is InChI=1S/C10H10F3NO2S/c1-2-7(9(15)16)17-8-5-6(3-4-14-8)10(11,12)13/h3-5,7H,2H2,1H3,(H,15,16). The van der Waals surface area contributed by atoms with Crippen LogP contribution in [0.2, 0.25) is 0 Å². The fraction of sp³-hybridized carbons (Fsp3) is 0.400. The summed E-state index contributed by atoms with van der Waals surface area (Å²) in [6, 6.07) is 1.71. The smallest absolute Gasteiger partial charge is 0.416 e. The van der Waals surface area contributed by atoms with Crippen molar-refractivity contribution in [1.29, 1.82) is 0 Å². The summed E-state index contributed by atoms with van der Waals surface area (Å²) in [4.78, 5) is 14.5. The van der Waals surface area contributed by atoms with Gasteiger partial charge in [0.15, 0.2) is 0 Å². The van der Waals surface area contributed by atoms with Gasteiger partial charge in [-0.1, -0.05) is 18.7 Å². The van der Waals surface area contributed by atoms with Crippen LogP contribution in [0.5, 0.6) is 0 Å². The van der Waals surface area contributed by atoms with E-state index in [9.17, 15) is 18.0 Å². The van der Waals surface area contributed by atoms with Gasteiger partial charge in [0.25, 0.3) is 0 Å². The summed E-state index contributed by atoms with van der Waals surface area (Å²) >= 11 is 0.816. The first-order chi connectivity index (χ1) is 7.84. The minimum absolute atomic E-state index is 0.0640. The van der Waals surface area contributed by atoms with Crippen molar-refractivity contribution in [2.24, 2.45) is 0 Å². The third-order valence-corrected chi connectivity index (χ3v) is 3.26. The molecule has 1 atom stereocenters. The molecule has 0 aromatic carbocycles. The molecule has 17 heavy (non-hydrogen) atoms. The van der Waals surface area contributed by atoms with Crippen LogP contribution < -0.4 is 0 Å². The monoisotopic (exact) mass is 265 g/mol. The maximum absolute atomic E-state index is 12.4. The molecule has 1 aromatic rings. The Balaban J connectivity index is 2.89. The van der Waals surface area contributed by atoms with Crippen molar-refractivity contribution in [3.05, 3.63) is 23.9 Å². The Bertz CT molecular complexity index is 409. The molecule has 0 bridgehead atoms. The zero-order valence-electron chi connectivity index (χ0n) is 8.86. The summed E-state index contributed by atoms with van der Waals surface area (Å²) in [6.45, 7) is 1.65. The first-order valence-electron chi connectivity index (χ1n) is 4.77. The lowest BCUT2D eigenvalue weighted by Crippen LogP contribution is -2.15. The van der Waals surface area contributed by atoms with E-state index in [2.05, 4.69) is 4.98 Å². The van der Waals surface area contributed by atoms with Crippen LogP contribution in [-0.2, 0) is 11.0 Å². The molecule has 0 amide bonds. The highest BCUT2D eigenvalue weighted by Gasteiger charge is 2.31. The Kier molecular flexibility index (Phi) is 4.39. The zero-order chi connectivity index (χ0) is 13.1. The van der Waals surface area contributed by atoms with Crippen LogP contribution in [0.15, 0.2) is 23.4 Å². The highest BCUT2D eigenvalue weighted by atomic mass is 32.2. The average Bonchev–Trinajstić information content (AvgIpc) is 2.24. The van der Waals surface area contributed by atoms with Crippen molar-refractivity contribution < 1.29 is 23.1 Å². The number of aliphatic carboxylic acids is 1. The molecule has 1 N–H and O–H groups in total. The van der Waals surface area contributed by atoms with E-state index in [1.165, 1.54) is 0 Å². The maximum atomic E-state index is 12.4. The lowest BCUT2D eigenvalue weighted by Gasteiger charge is -2.10. The molecule has 94 valence electrons. The Morgan fingerprint density at radius 3 is 2.71 bits per heavy atom. The number of rotatable bonds is 4. The second-order valence-electron chi connectivity index (χ2n) is 3.23. The number of nitrogens with zero attached hydrogens (tertiary/aromatic N) is 1.